The van der Waals surface area contributed by atoms with Gasteiger partial charge in [-0.25, -0.2) is 4.98 Å². The lowest BCUT2D eigenvalue weighted by Gasteiger charge is -2.09. The van der Waals surface area contributed by atoms with Crippen LogP contribution in [-0.2, 0) is 0 Å². The Hall–Kier alpha value is -3.27. The molecule has 4 aromatic rings. The minimum Gasteiger partial charge on any atom is -0.497 e. The van der Waals surface area contributed by atoms with Crippen molar-refractivity contribution >= 4 is 11.0 Å². The summed E-state index contributed by atoms with van der Waals surface area (Å²) in [6.45, 7) is 0. The Morgan fingerprint density at radius 3 is 2.42 bits per heavy atom. The van der Waals surface area contributed by atoms with E-state index in [2.05, 4.69) is 15.6 Å². The average Bonchev–Trinajstić information content (AvgIpc) is 3.07. The van der Waals surface area contributed by atoms with Crippen molar-refractivity contribution in [2.45, 2.75) is 0 Å². The SMILES string of the molecule is COc1ccc(Oc2cccc(-n3cnc4ccccc43)c2)cc1. The number of methoxy groups -OCH3 is 1. The lowest BCUT2D eigenvalue weighted by molar-refractivity contribution is 0.413. The van der Waals surface area contributed by atoms with E-state index >= 15 is 0 Å². The first-order valence-corrected chi connectivity index (χ1v) is 7.68. The molecule has 4 rings (SSSR count). The summed E-state index contributed by atoms with van der Waals surface area (Å²) in [7, 11) is 1.65. The Morgan fingerprint density at radius 1 is 0.792 bits per heavy atom. The second-order valence-electron chi connectivity index (χ2n) is 5.38. The first-order chi connectivity index (χ1) is 11.8. The Morgan fingerprint density at radius 2 is 1.58 bits per heavy atom. The fourth-order valence-electron chi connectivity index (χ4n) is 2.64. The Kier molecular flexibility index (Phi) is 3.63. The van der Waals surface area contributed by atoms with Crippen molar-refractivity contribution in [2.75, 3.05) is 7.11 Å². The number of nitrogens with zero attached hydrogens (tertiary/aromatic N) is 2. The summed E-state index contributed by atoms with van der Waals surface area (Å²) in [6, 6.07) is 23.5. The highest BCUT2D eigenvalue weighted by molar-refractivity contribution is 5.77. The van der Waals surface area contributed by atoms with Crippen LogP contribution in [0.25, 0.3) is 16.7 Å². The predicted octanol–water partition coefficient (Wildman–Crippen LogP) is 4.83. The van der Waals surface area contributed by atoms with Crippen LogP contribution >= 0.6 is 0 Å². The molecule has 118 valence electrons. The van der Waals surface area contributed by atoms with Crippen LogP contribution in [-0.4, -0.2) is 16.7 Å². The number of hydrogen-bond donors (Lipinski definition) is 0. The van der Waals surface area contributed by atoms with Crippen molar-refractivity contribution in [1.29, 1.82) is 0 Å². The maximum Gasteiger partial charge on any atom is 0.129 e. The maximum atomic E-state index is 5.94. The zero-order valence-corrected chi connectivity index (χ0v) is 13.2. The van der Waals surface area contributed by atoms with Crippen molar-refractivity contribution in [3.63, 3.8) is 0 Å². The largest absolute Gasteiger partial charge is 0.497 e. The van der Waals surface area contributed by atoms with Gasteiger partial charge in [0.1, 0.15) is 23.6 Å². The molecule has 3 aromatic carbocycles. The lowest BCUT2D eigenvalue weighted by atomic mass is 10.2. The summed E-state index contributed by atoms with van der Waals surface area (Å²) in [6.07, 6.45) is 1.83. The highest BCUT2D eigenvalue weighted by Crippen LogP contribution is 2.26. The molecule has 0 unspecified atom stereocenters. The smallest absolute Gasteiger partial charge is 0.129 e. The van der Waals surface area contributed by atoms with Gasteiger partial charge in [0.15, 0.2) is 0 Å². The third kappa shape index (κ3) is 2.70. The van der Waals surface area contributed by atoms with Crippen molar-refractivity contribution in [2.24, 2.45) is 0 Å². The standard InChI is InChI=1S/C20H16N2O2/c1-23-16-9-11-17(12-10-16)24-18-6-4-5-15(13-18)22-14-21-19-7-2-3-8-20(19)22/h2-14H,1H3. The van der Waals surface area contributed by atoms with E-state index in [-0.39, 0.29) is 0 Å². The molecule has 0 bridgehead atoms. The maximum absolute atomic E-state index is 5.94. The molecule has 0 N–H and O–H groups in total. The minimum absolute atomic E-state index is 0.767. The van der Waals surface area contributed by atoms with E-state index in [0.29, 0.717) is 0 Å². The van der Waals surface area contributed by atoms with Crippen LogP contribution in [0, 0.1) is 0 Å². The van der Waals surface area contributed by atoms with Gasteiger partial charge in [-0.05, 0) is 48.5 Å². The third-order valence-corrected chi connectivity index (χ3v) is 3.84. The van der Waals surface area contributed by atoms with Crippen LogP contribution in [0.5, 0.6) is 17.2 Å². The van der Waals surface area contributed by atoms with Crippen molar-refractivity contribution in [1.82, 2.24) is 9.55 Å². The molecule has 4 heteroatoms. The first kappa shape index (κ1) is 14.3. The summed E-state index contributed by atoms with van der Waals surface area (Å²) in [4.78, 5) is 4.44. The summed E-state index contributed by atoms with van der Waals surface area (Å²) in [5, 5.41) is 0. The van der Waals surface area contributed by atoms with Gasteiger partial charge in [0, 0.05) is 6.07 Å². The second-order valence-corrected chi connectivity index (χ2v) is 5.38. The quantitative estimate of drug-likeness (QED) is 0.541. The molecule has 0 saturated carbocycles. The zero-order chi connectivity index (χ0) is 16.4. The monoisotopic (exact) mass is 316 g/mol. The van der Waals surface area contributed by atoms with Crippen LogP contribution in [0.3, 0.4) is 0 Å². The molecule has 0 aliphatic heterocycles. The molecule has 1 heterocycles. The van der Waals surface area contributed by atoms with E-state index in [1.807, 2.05) is 73.1 Å². The van der Waals surface area contributed by atoms with Crippen LogP contribution < -0.4 is 9.47 Å². The van der Waals surface area contributed by atoms with Gasteiger partial charge in [0.25, 0.3) is 0 Å². The topological polar surface area (TPSA) is 36.3 Å². The third-order valence-electron chi connectivity index (χ3n) is 3.84. The Bertz CT molecular complexity index is 974. The number of benzene rings is 3. The van der Waals surface area contributed by atoms with E-state index < -0.39 is 0 Å². The number of hydrogen-bond acceptors (Lipinski definition) is 3. The molecule has 0 saturated heterocycles. The van der Waals surface area contributed by atoms with Crippen LogP contribution in [0.2, 0.25) is 0 Å². The number of fused-ring (bicyclic) bond motifs is 1. The van der Waals surface area contributed by atoms with E-state index in [9.17, 15) is 0 Å². The molecule has 0 amide bonds. The molecule has 0 spiro atoms. The fourth-order valence-corrected chi connectivity index (χ4v) is 2.64. The molecular weight excluding hydrogens is 300 g/mol. The minimum atomic E-state index is 0.767. The fraction of sp³-hybridized carbons (Fsp3) is 0.0500. The van der Waals surface area contributed by atoms with Crippen molar-refractivity contribution in [3.05, 3.63) is 79.1 Å². The number of para-hydroxylation sites is 2. The van der Waals surface area contributed by atoms with Gasteiger partial charge in [-0.2, -0.15) is 0 Å². The van der Waals surface area contributed by atoms with Gasteiger partial charge >= 0.3 is 0 Å². The Balaban J connectivity index is 1.66. The van der Waals surface area contributed by atoms with E-state index in [1.165, 1.54) is 0 Å². The van der Waals surface area contributed by atoms with Crippen molar-refractivity contribution in [3.8, 4) is 22.9 Å². The molecule has 4 nitrogen and oxygen atoms in total. The van der Waals surface area contributed by atoms with Gasteiger partial charge in [-0.3, -0.25) is 4.57 Å². The molecule has 0 fully saturated rings. The molecule has 0 aliphatic carbocycles. The molecule has 24 heavy (non-hydrogen) atoms. The second kappa shape index (κ2) is 6.08. The average molecular weight is 316 g/mol. The summed E-state index contributed by atoms with van der Waals surface area (Å²) < 4.78 is 13.2. The van der Waals surface area contributed by atoms with Crippen LogP contribution in [0.4, 0.5) is 0 Å². The highest BCUT2D eigenvalue weighted by Gasteiger charge is 2.05. The number of ether oxygens (including phenoxy) is 2. The van der Waals surface area contributed by atoms with Gasteiger partial charge < -0.3 is 9.47 Å². The molecular formula is C20H16N2O2. The summed E-state index contributed by atoms with van der Waals surface area (Å²) >= 11 is 0. The normalized spacial score (nSPS) is 10.7. The van der Waals surface area contributed by atoms with E-state index in [0.717, 1.165) is 34.0 Å². The van der Waals surface area contributed by atoms with E-state index in [1.54, 1.807) is 7.11 Å². The van der Waals surface area contributed by atoms with Crippen LogP contribution in [0.1, 0.15) is 0 Å². The highest BCUT2D eigenvalue weighted by atomic mass is 16.5. The van der Waals surface area contributed by atoms with Gasteiger partial charge in [0.2, 0.25) is 0 Å². The number of imidazole rings is 1. The van der Waals surface area contributed by atoms with Gasteiger partial charge in [0.05, 0.1) is 23.8 Å². The number of rotatable bonds is 4. The van der Waals surface area contributed by atoms with Gasteiger partial charge in [-0.1, -0.05) is 18.2 Å². The lowest BCUT2D eigenvalue weighted by Crippen LogP contribution is -1.93. The summed E-state index contributed by atoms with van der Waals surface area (Å²) in [5.41, 5.74) is 3.05. The Labute approximate surface area is 139 Å². The first-order valence-electron chi connectivity index (χ1n) is 7.68. The van der Waals surface area contributed by atoms with E-state index in [4.69, 9.17) is 9.47 Å². The van der Waals surface area contributed by atoms with Gasteiger partial charge in [-0.15, -0.1) is 0 Å². The summed E-state index contributed by atoms with van der Waals surface area (Å²) in [5.74, 6) is 2.35. The number of aromatic nitrogens is 2. The molecule has 0 radical (unpaired) electrons. The zero-order valence-electron chi connectivity index (χ0n) is 13.2. The van der Waals surface area contributed by atoms with Crippen molar-refractivity contribution < 1.29 is 9.47 Å². The molecule has 0 atom stereocenters. The molecule has 1 aromatic heterocycles. The predicted molar refractivity (Wildman–Crippen MR) is 94.1 cm³/mol. The molecule has 0 aliphatic rings. The van der Waals surface area contributed by atoms with Crippen LogP contribution in [0.15, 0.2) is 79.1 Å².